The van der Waals surface area contributed by atoms with Crippen LogP contribution < -0.4 is 15.8 Å². The lowest BCUT2D eigenvalue weighted by atomic mass is 10.1. The monoisotopic (exact) mass is 425 g/mol. The fourth-order valence-electron chi connectivity index (χ4n) is 2.50. The molecule has 0 aromatic heterocycles. The van der Waals surface area contributed by atoms with Crippen LogP contribution in [-0.2, 0) is 11.3 Å². The van der Waals surface area contributed by atoms with Gasteiger partial charge in [-0.2, -0.15) is 0 Å². The Labute approximate surface area is 176 Å². The van der Waals surface area contributed by atoms with E-state index in [2.05, 4.69) is 5.32 Å². The molecule has 2 rings (SSSR count). The summed E-state index contributed by atoms with van der Waals surface area (Å²) < 4.78 is 5.51. The van der Waals surface area contributed by atoms with Gasteiger partial charge in [0.2, 0.25) is 0 Å². The number of likely N-dealkylation sites (N-methyl/N-ethyl adjacent to an activating group) is 1. The molecule has 0 atom stereocenters. The molecule has 0 radical (unpaired) electrons. The van der Waals surface area contributed by atoms with Crippen LogP contribution >= 0.6 is 24.0 Å². The van der Waals surface area contributed by atoms with E-state index in [0.717, 1.165) is 5.56 Å². The number of carbonyl (C=O) groups is 2. The maximum Gasteiger partial charge on any atom is 0.260 e. The van der Waals surface area contributed by atoms with Gasteiger partial charge in [0.15, 0.2) is 6.61 Å². The van der Waals surface area contributed by atoms with Gasteiger partial charge < -0.3 is 20.7 Å². The van der Waals surface area contributed by atoms with Gasteiger partial charge in [-0.1, -0.05) is 23.7 Å². The summed E-state index contributed by atoms with van der Waals surface area (Å²) in [4.78, 5) is 26.0. The standard InChI is InChI=1S/C20H24ClN3O3.ClH/c1-3-24(4-2)19(25)13-27-18-10-9-16(11-17(18)21)23-20(26)15-7-5-14(12-22)6-8-15;/h5-11H,3-4,12-13,22H2,1-2H3,(H,23,26);1H. The second-order valence-electron chi connectivity index (χ2n) is 5.86. The van der Waals surface area contributed by atoms with Crippen LogP contribution in [0.2, 0.25) is 5.02 Å². The van der Waals surface area contributed by atoms with E-state index in [1.165, 1.54) is 0 Å². The Morgan fingerprint density at radius 2 is 1.75 bits per heavy atom. The van der Waals surface area contributed by atoms with Crippen LogP contribution in [0.15, 0.2) is 42.5 Å². The summed E-state index contributed by atoms with van der Waals surface area (Å²) in [6, 6.07) is 12.0. The van der Waals surface area contributed by atoms with Crippen LogP contribution in [0.3, 0.4) is 0 Å². The number of halogens is 2. The van der Waals surface area contributed by atoms with Gasteiger partial charge in [-0.3, -0.25) is 9.59 Å². The van der Waals surface area contributed by atoms with E-state index in [0.29, 0.717) is 41.7 Å². The first kappa shape index (κ1) is 23.8. The zero-order chi connectivity index (χ0) is 19.8. The lowest BCUT2D eigenvalue weighted by molar-refractivity contribution is -0.132. The fourth-order valence-corrected chi connectivity index (χ4v) is 2.73. The number of nitrogens with zero attached hydrogens (tertiary/aromatic N) is 1. The number of carbonyl (C=O) groups excluding carboxylic acids is 2. The average Bonchev–Trinajstić information content (AvgIpc) is 2.68. The topological polar surface area (TPSA) is 84.7 Å². The van der Waals surface area contributed by atoms with Crippen LogP contribution in [-0.4, -0.2) is 36.4 Å². The number of hydrogen-bond donors (Lipinski definition) is 2. The Kier molecular flexibility index (Phi) is 9.79. The van der Waals surface area contributed by atoms with E-state index < -0.39 is 0 Å². The number of amides is 2. The molecule has 0 aliphatic heterocycles. The van der Waals surface area contributed by atoms with Crippen molar-refractivity contribution in [2.75, 3.05) is 25.0 Å². The third-order valence-corrected chi connectivity index (χ3v) is 4.40. The SMILES string of the molecule is CCN(CC)C(=O)COc1ccc(NC(=O)c2ccc(CN)cc2)cc1Cl.Cl. The van der Waals surface area contributed by atoms with E-state index in [1.54, 1.807) is 35.2 Å². The number of anilines is 1. The summed E-state index contributed by atoms with van der Waals surface area (Å²) >= 11 is 6.21. The molecule has 0 saturated carbocycles. The van der Waals surface area contributed by atoms with Gasteiger partial charge in [-0.15, -0.1) is 12.4 Å². The predicted molar refractivity (Wildman–Crippen MR) is 114 cm³/mol. The predicted octanol–water partition coefficient (Wildman–Crippen LogP) is 3.72. The Hall–Kier alpha value is -2.28. The zero-order valence-electron chi connectivity index (χ0n) is 15.9. The summed E-state index contributed by atoms with van der Waals surface area (Å²) in [5.41, 5.74) is 7.57. The van der Waals surface area contributed by atoms with E-state index in [-0.39, 0.29) is 30.8 Å². The Balaban J connectivity index is 0.00000392. The normalized spacial score (nSPS) is 10.0. The molecule has 0 bridgehead atoms. The highest BCUT2D eigenvalue weighted by Gasteiger charge is 2.12. The first-order valence-corrected chi connectivity index (χ1v) is 9.16. The molecule has 0 aliphatic carbocycles. The molecule has 6 nitrogen and oxygen atoms in total. The zero-order valence-corrected chi connectivity index (χ0v) is 17.5. The summed E-state index contributed by atoms with van der Waals surface area (Å²) in [5.74, 6) is 0.0388. The molecule has 3 N–H and O–H groups in total. The van der Waals surface area contributed by atoms with E-state index in [9.17, 15) is 9.59 Å². The van der Waals surface area contributed by atoms with Crippen molar-refractivity contribution in [3.05, 3.63) is 58.6 Å². The average molecular weight is 426 g/mol. The number of hydrogen-bond acceptors (Lipinski definition) is 4. The van der Waals surface area contributed by atoms with Crippen molar-refractivity contribution in [1.82, 2.24) is 4.90 Å². The maximum atomic E-state index is 12.3. The molecule has 2 amide bonds. The van der Waals surface area contributed by atoms with Crippen molar-refractivity contribution < 1.29 is 14.3 Å². The van der Waals surface area contributed by atoms with Crippen LogP contribution in [0.25, 0.3) is 0 Å². The van der Waals surface area contributed by atoms with Crippen molar-refractivity contribution in [3.8, 4) is 5.75 Å². The molecular weight excluding hydrogens is 401 g/mol. The van der Waals surface area contributed by atoms with Crippen LogP contribution in [0.1, 0.15) is 29.8 Å². The number of rotatable bonds is 8. The number of ether oxygens (including phenoxy) is 1. The lowest BCUT2D eigenvalue weighted by Gasteiger charge is -2.19. The van der Waals surface area contributed by atoms with Gasteiger partial charge in [0, 0.05) is 30.9 Å². The Morgan fingerprint density at radius 1 is 1.11 bits per heavy atom. The molecule has 0 fully saturated rings. The highest BCUT2D eigenvalue weighted by molar-refractivity contribution is 6.32. The molecule has 2 aromatic rings. The summed E-state index contributed by atoms with van der Waals surface area (Å²) in [7, 11) is 0. The summed E-state index contributed by atoms with van der Waals surface area (Å²) in [6.07, 6.45) is 0. The minimum Gasteiger partial charge on any atom is -0.482 e. The molecule has 28 heavy (non-hydrogen) atoms. The van der Waals surface area contributed by atoms with E-state index >= 15 is 0 Å². The third-order valence-electron chi connectivity index (χ3n) is 4.11. The first-order chi connectivity index (χ1) is 13.0. The van der Waals surface area contributed by atoms with Crippen molar-refractivity contribution in [3.63, 3.8) is 0 Å². The van der Waals surface area contributed by atoms with Gasteiger partial charge in [-0.25, -0.2) is 0 Å². The molecule has 2 aromatic carbocycles. The molecule has 0 unspecified atom stereocenters. The number of benzene rings is 2. The Bertz CT molecular complexity index is 794. The van der Waals surface area contributed by atoms with Crippen LogP contribution in [0, 0.1) is 0 Å². The van der Waals surface area contributed by atoms with E-state index in [1.807, 2.05) is 26.0 Å². The number of nitrogens with one attached hydrogen (secondary N) is 1. The molecule has 8 heteroatoms. The van der Waals surface area contributed by atoms with Gasteiger partial charge >= 0.3 is 0 Å². The quantitative estimate of drug-likeness (QED) is 0.674. The largest absolute Gasteiger partial charge is 0.482 e. The molecule has 0 heterocycles. The minimum atomic E-state index is -0.250. The molecule has 0 aliphatic rings. The molecule has 0 spiro atoms. The van der Waals surface area contributed by atoms with Gasteiger partial charge in [0.1, 0.15) is 5.75 Å². The van der Waals surface area contributed by atoms with E-state index in [4.69, 9.17) is 22.1 Å². The second kappa shape index (κ2) is 11.5. The summed E-state index contributed by atoms with van der Waals surface area (Å²) in [6.45, 7) is 5.43. The highest BCUT2D eigenvalue weighted by atomic mass is 35.5. The van der Waals surface area contributed by atoms with Crippen LogP contribution in [0.5, 0.6) is 5.75 Å². The summed E-state index contributed by atoms with van der Waals surface area (Å²) in [5, 5.41) is 3.10. The Morgan fingerprint density at radius 3 is 2.29 bits per heavy atom. The van der Waals surface area contributed by atoms with Gasteiger partial charge in [-0.05, 0) is 49.7 Å². The van der Waals surface area contributed by atoms with Crippen molar-refractivity contribution in [2.45, 2.75) is 20.4 Å². The molecule has 0 saturated heterocycles. The third kappa shape index (κ3) is 6.41. The minimum absolute atomic E-state index is 0. The van der Waals surface area contributed by atoms with Crippen molar-refractivity contribution >= 4 is 41.5 Å². The van der Waals surface area contributed by atoms with Crippen LogP contribution in [0.4, 0.5) is 5.69 Å². The van der Waals surface area contributed by atoms with Gasteiger partial charge in [0.25, 0.3) is 11.8 Å². The maximum absolute atomic E-state index is 12.3. The first-order valence-electron chi connectivity index (χ1n) is 8.79. The highest BCUT2D eigenvalue weighted by Crippen LogP contribution is 2.28. The number of nitrogens with two attached hydrogens (primary N) is 1. The van der Waals surface area contributed by atoms with Crippen molar-refractivity contribution in [1.29, 1.82) is 0 Å². The van der Waals surface area contributed by atoms with Gasteiger partial charge in [0.05, 0.1) is 5.02 Å². The lowest BCUT2D eigenvalue weighted by Crippen LogP contribution is -2.34. The smallest absolute Gasteiger partial charge is 0.260 e. The molecular formula is C20H25Cl2N3O3. The molecule has 152 valence electrons. The second-order valence-corrected chi connectivity index (χ2v) is 6.26. The van der Waals surface area contributed by atoms with Crippen molar-refractivity contribution in [2.24, 2.45) is 5.73 Å². The fraction of sp³-hybridized carbons (Fsp3) is 0.300.